The summed E-state index contributed by atoms with van der Waals surface area (Å²) >= 11 is 10.2. The zero-order valence-electron chi connectivity index (χ0n) is 14.9. The Morgan fingerprint density at radius 1 is 1.42 bits per heavy atom. The van der Waals surface area contributed by atoms with Crippen molar-refractivity contribution < 1.29 is 14.3 Å². The first-order valence-electron chi connectivity index (χ1n) is 8.15. The Bertz CT molecular complexity index is 784. The SMILES string of the molecule is C#CCOc1c(Br)cc(/C=C2\SC(=S)N(CC(C)C)C2=O)cc1OCC. The zero-order chi connectivity index (χ0) is 19.3. The molecular formula is C19H20BrNO3S2. The fourth-order valence-corrected chi connectivity index (χ4v) is 4.21. The molecular weight excluding hydrogens is 434 g/mol. The molecule has 0 bridgehead atoms. The predicted octanol–water partition coefficient (Wildman–Crippen LogP) is 4.72. The number of amides is 1. The second-order valence-corrected chi connectivity index (χ2v) is 8.47. The van der Waals surface area contributed by atoms with Gasteiger partial charge in [0.05, 0.1) is 16.0 Å². The van der Waals surface area contributed by atoms with E-state index in [0.29, 0.717) is 44.3 Å². The summed E-state index contributed by atoms with van der Waals surface area (Å²) in [6.07, 6.45) is 7.08. The van der Waals surface area contributed by atoms with Gasteiger partial charge in [-0.1, -0.05) is 43.7 Å². The normalized spacial score (nSPS) is 15.7. The van der Waals surface area contributed by atoms with Crippen molar-refractivity contribution in [2.75, 3.05) is 19.8 Å². The summed E-state index contributed by atoms with van der Waals surface area (Å²) in [5.74, 6) is 3.85. The first-order valence-corrected chi connectivity index (χ1v) is 10.2. The topological polar surface area (TPSA) is 38.8 Å². The molecule has 1 amide bonds. The number of nitrogens with zero attached hydrogens (tertiary/aromatic N) is 1. The quantitative estimate of drug-likeness (QED) is 0.339. The maximum absolute atomic E-state index is 12.6. The maximum atomic E-state index is 12.6. The molecule has 2 rings (SSSR count). The van der Waals surface area contributed by atoms with Gasteiger partial charge >= 0.3 is 0 Å². The molecule has 1 aromatic carbocycles. The monoisotopic (exact) mass is 453 g/mol. The summed E-state index contributed by atoms with van der Waals surface area (Å²) in [4.78, 5) is 14.9. The summed E-state index contributed by atoms with van der Waals surface area (Å²) in [5.41, 5.74) is 0.818. The van der Waals surface area contributed by atoms with Gasteiger partial charge in [-0.05, 0) is 52.5 Å². The summed E-state index contributed by atoms with van der Waals surface area (Å²) < 4.78 is 12.5. The Kier molecular flexibility index (Phi) is 7.56. The minimum atomic E-state index is -0.0598. The van der Waals surface area contributed by atoms with Gasteiger partial charge in [0.1, 0.15) is 10.9 Å². The van der Waals surface area contributed by atoms with Crippen molar-refractivity contribution in [3.8, 4) is 23.8 Å². The number of ether oxygens (including phenoxy) is 2. The predicted molar refractivity (Wildman–Crippen MR) is 114 cm³/mol. The van der Waals surface area contributed by atoms with Gasteiger partial charge < -0.3 is 9.47 Å². The van der Waals surface area contributed by atoms with Crippen molar-refractivity contribution in [2.45, 2.75) is 20.8 Å². The van der Waals surface area contributed by atoms with Crippen LogP contribution in [0.25, 0.3) is 6.08 Å². The molecule has 0 N–H and O–H groups in total. The van der Waals surface area contributed by atoms with Crippen molar-refractivity contribution >= 4 is 56.2 Å². The van der Waals surface area contributed by atoms with Crippen LogP contribution < -0.4 is 9.47 Å². The number of hydrogen-bond acceptors (Lipinski definition) is 5. The maximum Gasteiger partial charge on any atom is 0.266 e. The van der Waals surface area contributed by atoms with Crippen molar-refractivity contribution in [1.29, 1.82) is 0 Å². The largest absolute Gasteiger partial charge is 0.490 e. The molecule has 0 saturated carbocycles. The van der Waals surface area contributed by atoms with Crippen LogP contribution >= 0.6 is 39.9 Å². The molecule has 138 valence electrons. The minimum Gasteiger partial charge on any atom is -0.490 e. The molecule has 1 aromatic rings. The lowest BCUT2D eigenvalue weighted by molar-refractivity contribution is -0.122. The Morgan fingerprint density at radius 2 is 2.15 bits per heavy atom. The lowest BCUT2D eigenvalue weighted by Crippen LogP contribution is -2.31. The highest BCUT2D eigenvalue weighted by Gasteiger charge is 2.32. The number of thioether (sulfide) groups is 1. The molecule has 0 atom stereocenters. The van der Waals surface area contributed by atoms with E-state index in [1.54, 1.807) is 4.90 Å². The average molecular weight is 454 g/mol. The molecule has 0 aliphatic carbocycles. The van der Waals surface area contributed by atoms with E-state index < -0.39 is 0 Å². The Balaban J connectivity index is 2.34. The molecule has 1 saturated heterocycles. The first-order chi connectivity index (χ1) is 12.4. The van der Waals surface area contributed by atoms with Gasteiger partial charge in [0.25, 0.3) is 5.91 Å². The van der Waals surface area contributed by atoms with Crippen molar-refractivity contribution in [3.63, 3.8) is 0 Å². The number of hydrogen-bond donors (Lipinski definition) is 0. The second-order valence-electron chi connectivity index (χ2n) is 5.94. The smallest absolute Gasteiger partial charge is 0.266 e. The molecule has 0 spiro atoms. The highest BCUT2D eigenvalue weighted by molar-refractivity contribution is 9.10. The second kappa shape index (κ2) is 9.45. The van der Waals surface area contributed by atoms with E-state index in [4.69, 9.17) is 28.1 Å². The van der Waals surface area contributed by atoms with E-state index in [0.717, 1.165) is 5.56 Å². The van der Waals surface area contributed by atoms with E-state index in [2.05, 4.69) is 35.7 Å². The van der Waals surface area contributed by atoms with Crippen LogP contribution in [-0.2, 0) is 4.79 Å². The van der Waals surface area contributed by atoms with Gasteiger partial charge in [0, 0.05) is 6.54 Å². The van der Waals surface area contributed by atoms with Gasteiger partial charge in [0.15, 0.2) is 11.5 Å². The molecule has 26 heavy (non-hydrogen) atoms. The number of thiocarbonyl (C=S) groups is 1. The van der Waals surface area contributed by atoms with Crippen LogP contribution in [0.1, 0.15) is 26.3 Å². The van der Waals surface area contributed by atoms with Crippen LogP contribution in [0.15, 0.2) is 21.5 Å². The van der Waals surface area contributed by atoms with Crippen molar-refractivity contribution in [3.05, 3.63) is 27.1 Å². The molecule has 1 aliphatic heterocycles. The van der Waals surface area contributed by atoms with Crippen LogP contribution in [0.3, 0.4) is 0 Å². The summed E-state index contributed by atoms with van der Waals surface area (Å²) in [6.45, 7) is 7.26. The highest BCUT2D eigenvalue weighted by atomic mass is 79.9. The van der Waals surface area contributed by atoms with Crippen molar-refractivity contribution in [1.82, 2.24) is 4.90 Å². The van der Waals surface area contributed by atoms with E-state index in [1.807, 2.05) is 25.1 Å². The standard InChI is InChI=1S/C19H20BrNO3S2/c1-5-7-24-17-14(20)8-13(9-15(17)23-6-2)10-16-18(22)21(11-12(3)4)19(25)26-16/h1,8-10,12H,6-7,11H2,2-4H3/b16-10-. The van der Waals surface area contributed by atoms with Crippen LogP contribution in [0.4, 0.5) is 0 Å². The van der Waals surface area contributed by atoms with Gasteiger partial charge in [-0.2, -0.15) is 0 Å². The third-order valence-electron chi connectivity index (χ3n) is 3.35. The molecule has 7 heteroatoms. The van der Waals surface area contributed by atoms with E-state index in [9.17, 15) is 4.79 Å². The van der Waals surface area contributed by atoms with Crippen LogP contribution in [-0.4, -0.2) is 34.9 Å². The lowest BCUT2D eigenvalue weighted by Gasteiger charge is -2.16. The lowest BCUT2D eigenvalue weighted by atomic mass is 10.1. The van der Waals surface area contributed by atoms with Gasteiger partial charge in [0.2, 0.25) is 0 Å². The molecule has 0 unspecified atom stereocenters. The van der Waals surface area contributed by atoms with Gasteiger partial charge in [-0.15, -0.1) is 6.42 Å². The summed E-state index contributed by atoms with van der Waals surface area (Å²) in [6, 6.07) is 3.69. The van der Waals surface area contributed by atoms with Crippen LogP contribution in [0.5, 0.6) is 11.5 Å². The van der Waals surface area contributed by atoms with E-state index >= 15 is 0 Å². The summed E-state index contributed by atoms with van der Waals surface area (Å²) in [7, 11) is 0. The van der Waals surface area contributed by atoms with E-state index in [1.165, 1.54) is 11.8 Å². The third-order valence-corrected chi connectivity index (χ3v) is 5.32. The van der Waals surface area contributed by atoms with Crippen molar-refractivity contribution in [2.24, 2.45) is 5.92 Å². The molecule has 4 nitrogen and oxygen atoms in total. The average Bonchev–Trinajstić information content (AvgIpc) is 2.81. The van der Waals surface area contributed by atoms with Gasteiger partial charge in [-0.3, -0.25) is 9.69 Å². The Morgan fingerprint density at radius 3 is 2.77 bits per heavy atom. The summed E-state index contributed by atoms with van der Waals surface area (Å²) in [5, 5.41) is 0. The number of rotatable bonds is 7. The fourth-order valence-electron chi connectivity index (χ4n) is 2.36. The Hall–Kier alpha value is -1.49. The number of carbonyl (C=O) groups is 1. The zero-order valence-corrected chi connectivity index (χ0v) is 18.1. The van der Waals surface area contributed by atoms with Crippen LogP contribution in [0, 0.1) is 18.3 Å². The first kappa shape index (κ1) is 20.8. The van der Waals surface area contributed by atoms with E-state index in [-0.39, 0.29) is 12.5 Å². The Labute approximate surface area is 172 Å². The highest BCUT2D eigenvalue weighted by Crippen LogP contribution is 2.39. The third kappa shape index (κ3) is 5.03. The molecule has 1 aliphatic rings. The molecule has 0 aromatic heterocycles. The molecule has 0 radical (unpaired) electrons. The number of halogens is 1. The number of terminal acetylenes is 1. The van der Waals surface area contributed by atoms with Gasteiger partial charge in [-0.25, -0.2) is 0 Å². The minimum absolute atomic E-state index is 0.0598. The molecule has 1 fully saturated rings. The molecule has 1 heterocycles. The van der Waals surface area contributed by atoms with Crippen LogP contribution in [0.2, 0.25) is 0 Å². The fraction of sp³-hybridized carbons (Fsp3) is 0.368. The number of carbonyl (C=O) groups excluding carboxylic acids is 1. The number of benzene rings is 1.